The monoisotopic (exact) mass is 783 g/mol. The molecule has 1 aromatic heterocycles. The summed E-state index contributed by atoms with van der Waals surface area (Å²) in [6.45, 7) is 4.69. The molecule has 0 unspecified atom stereocenters. The molecule has 2 heterocycles. The molecule has 57 heavy (non-hydrogen) atoms. The third-order valence-electron chi connectivity index (χ3n) is 9.43. The highest BCUT2D eigenvalue weighted by Gasteiger charge is 2.32. The van der Waals surface area contributed by atoms with Gasteiger partial charge in [0.05, 0.1) is 45.2 Å². The number of hydrogen-bond acceptors (Lipinski definition) is 10. The van der Waals surface area contributed by atoms with Gasteiger partial charge in [0, 0.05) is 36.0 Å². The van der Waals surface area contributed by atoms with Crippen LogP contribution in [0.1, 0.15) is 59.9 Å². The number of hydrogen-bond donors (Lipinski definition) is 6. The van der Waals surface area contributed by atoms with Gasteiger partial charge in [0.15, 0.2) is 11.5 Å². The van der Waals surface area contributed by atoms with Crippen molar-refractivity contribution in [1.82, 2.24) is 36.4 Å². The zero-order chi connectivity index (χ0) is 41.1. The number of nitrogens with one attached hydrogen (secondary N) is 5. The van der Waals surface area contributed by atoms with Gasteiger partial charge in [-0.25, -0.2) is 0 Å². The van der Waals surface area contributed by atoms with Gasteiger partial charge in [0.25, 0.3) is 11.8 Å². The van der Waals surface area contributed by atoms with Crippen molar-refractivity contribution in [2.45, 2.75) is 58.3 Å². The Bertz CT molecular complexity index is 2050. The first-order valence-electron chi connectivity index (χ1n) is 18.6. The van der Waals surface area contributed by atoms with Crippen molar-refractivity contribution in [3.05, 3.63) is 89.7 Å². The molecule has 5 rings (SSSR count). The molecule has 0 saturated heterocycles. The van der Waals surface area contributed by atoms with Gasteiger partial charge in [0.2, 0.25) is 17.7 Å². The van der Waals surface area contributed by atoms with Gasteiger partial charge in [-0.1, -0.05) is 32.0 Å². The Morgan fingerprint density at radius 3 is 2.32 bits per heavy atom. The van der Waals surface area contributed by atoms with E-state index in [9.17, 15) is 29.1 Å². The number of fused-ring (bicyclic) bond motifs is 3. The second-order valence-corrected chi connectivity index (χ2v) is 13.9. The summed E-state index contributed by atoms with van der Waals surface area (Å²) >= 11 is 0. The van der Waals surface area contributed by atoms with E-state index in [0.717, 1.165) is 11.1 Å². The van der Waals surface area contributed by atoms with E-state index < -0.39 is 54.3 Å². The second-order valence-electron chi connectivity index (χ2n) is 13.9. The Morgan fingerprint density at radius 1 is 0.842 bits per heavy atom. The van der Waals surface area contributed by atoms with Crippen LogP contribution in [0, 0.1) is 5.92 Å². The average molecular weight is 784 g/mol. The van der Waals surface area contributed by atoms with E-state index in [0.29, 0.717) is 46.8 Å². The number of amides is 5. The number of aliphatic hydroxyl groups excluding tert-OH is 1. The van der Waals surface area contributed by atoms with Crippen LogP contribution in [0.5, 0.6) is 23.0 Å². The van der Waals surface area contributed by atoms with Crippen molar-refractivity contribution >= 4 is 29.5 Å². The molecule has 0 spiro atoms. The first kappa shape index (κ1) is 41.7. The van der Waals surface area contributed by atoms with Crippen LogP contribution in [0.25, 0.3) is 11.1 Å². The number of carbonyl (C=O) groups excluding carboxylic acids is 5. The molecule has 16 nitrogen and oxygen atoms in total. The van der Waals surface area contributed by atoms with E-state index in [1.807, 2.05) is 6.07 Å². The zero-order valence-electron chi connectivity index (χ0n) is 32.6. The number of methoxy groups -OCH3 is 2. The minimum atomic E-state index is -1.45. The quantitative estimate of drug-likeness (QED) is 0.168. The van der Waals surface area contributed by atoms with Gasteiger partial charge < -0.3 is 45.5 Å². The van der Waals surface area contributed by atoms with Crippen molar-refractivity contribution in [1.29, 1.82) is 0 Å². The molecule has 4 aromatic rings. The topological polar surface area (TPSA) is 213 Å². The molecular weight excluding hydrogens is 734 g/mol. The molecule has 2 bridgehead atoms. The van der Waals surface area contributed by atoms with E-state index in [2.05, 4.69) is 31.5 Å². The molecule has 0 radical (unpaired) electrons. The Hall–Kier alpha value is -6.42. The molecule has 3 aromatic carbocycles. The van der Waals surface area contributed by atoms with Gasteiger partial charge in [-0.05, 0) is 73.7 Å². The number of rotatable bonds is 6. The van der Waals surface area contributed by atoms with E-state index in [4.69, 9.17) is 14.2 Å². The van der Waals surface area contributed by atoms with Gasteiger partial charge in [-0.15, -0.1) is 0 Å². The van der Waals surface area contributed by atoms with Crippen molar-refractivity contribution in [3.8, 4) is 34.1 Å². The summed E-state index contributed by atoms with van der Waals surface area (Å²) in [7, 11) is 2.95. The van der Waals surface area contributed by atoms with E-state index >= 15 is 0 Å². The van der Waals surface area contributed by atoms with Crippen LogP contribution in [0.2, 0.25) is 0 Å². The third kappa shape index (κ3) is 10.7. The third-order valence-corrected chi connectivity index (χ3v) is 9.43. The number of aliphatic hydroxyl groups is 1. The maximum atomic E-state index is 14.0. The predicted molar refractivity (Wildman–Crippen MR) is 210 cm³/mol. The van der Waals surface area contributed by atoms with Crippen LogP contribution < -0.4 is 35.5 Å². The Balaban J connectivity index is 1.46. The summed E-state index contributed by atoms with van der Waals surface area (Å²) in [4.78, 5) is 69.5. The maximum absolute atomic E-state index is 14.0. The number of H-pyrrole nitrogens is 1. The van der Waals surface area contributed by atoms with Crippen LogP contribution in [0.3, 0.4) is 0 Å². The largest absolute Gasteiger partial charge is 0.496 e. The summed E-state index contributed by atoms with van der Waals surface area (Å²) in [5.41, 5.74) is 2.60. The molecule has 1 aliphatic heterocycles. The second kappa shape index (κ2) is 19.4. The number of aromatic nitrogens is 2. The van der Waals surface area contributed by atoms with Crippen LogP contribution in [0.15, 0.2) is 73.1 Å². The van der Waals surface area contributed by atoms with Crippen LogP contribution in [-0.4, -0.2) is 102 Å². The number of ether oxygens (including phenoxy) is 3. The van der Waals surface area contributed by atoms with Crippen LogP contribution >= 0.6 is 0 Å². The lowest BCUT2D eigenvalue weighted by Crippen LogP contribution is -2.59. The molecule has 16 heteroatoms. The van der Waals surface area contributed by atoms with Crippen molar-refractivity contribution in [2.24, 2.45) is 5.92 Å². The average Bonchev–Trinajstić information content (AvgIpc) is 3.75. The molecule has 1 aliphatic rings. The fourth-order valence-corrected chi connectivity index (χ4v) is 6.29. The summed E-state index contributed by atoms with van der Waals surface area (Å²) < 4.78 is 17.4. The van der Waals surface area contributed by atoms with E-state index in [-0.39, 0.29) is 31.3 Å². The normalized spacial score (nSPS) is 18.2. The number of benzene rings is 3. The van der Waals surface area contributed by atoms with Crippen molar-refractivity contribution in [3.63, 3.8) is 0 Å². The minimum Gasteiger partial charge on any atom is -0.496 e. The van der Waals surface area contributed by atoms with E-state index in [1.165, 1.54) is 26.0 Å². The first-order valence-corrected chi connectivity index (χ1v) is 18.6. The summed E-state index contributed by atoms with van der Waals surface area (Å²) in [5, 5.41) is 28.4. The summed E-state index contributed by atoms with van der Waals surface area (Å²) in [6.07, 6.45) is 2.82. The van der Waals surface area contributed by atoms with Gasteiger partial charge in [-0.2, -0.15) is 5.10 Å². The van der Waals surface area contributed by atoms with Crippen molar-refractivity contribution in [2.75, 3.05) is 33.9 Å². The lowest BCUT2D eigenvalue weighted by molar-refractivity contribution is -0.135. The first-order chi connectivity index (χ1) is 27.4. The Kier molecular flexibility index (Phi) is 14.2. The van der Waals surface area contributed by atoms with Crippen LogP contribution in [0.4, 0.5) is 0 Å². The molecule has 302 valence electrons. The number of nitrogens with zero attached hydrogens (tertiary/aromatic N) is 2. The predicted octanol–water partition coefficient (Wildman–Crippen LogP) is 3.17. The maximum Gasteiger partial charge on any atom is 0.254 e. The van der Waals surface area contributed by atoms with E-state index in [1.54, 1.807) is 80.8 Å². The highest BCUT2D eigenvalue weighted by atomic mass is 16.5. The van der Waals surface area contributed by atoms with Gasteiger partial charge in [-0.3, -0.25) is 29.1 Å². The summed E-state index contributed by atoms with van der Waals surface area (Å²) in [5.74, 6) is -1.94. The smallest absolute Gasteiger partial charge is 0.254 e. The Labute approximate surface area is 330 Å². The zero-order valence-corrected chi connectivity index (χ0v) is 32.6. The standard InChI is InChI=1S/C41H49N7O9/c1-24(2)36-39(52)43-22-30-31(55-4)12-9-13-32(30)57-34-19-27(14-15-33(34)56-5)38(51)42-16-6-7-17-48(23-35(50)46-37(25(3)49)40(53)47-36)41(54)28-11-8-10-26(18-28)29-20-44-45-21-29/h8-15,18-21,24-25,36-37,49H,6-7,16-17,22-23H2,1-5H3,(H,42,51)(H,43,52)(H,44,45)(H,46,50)(H,47,53)/t25-,36-,37+/m1/s1. The molecule has 5 amide bonds. The van der Waals surface area contributed by atoms with Gasteiger partial charge >= 0.3 is 0 Å². The number of aromatic amines is 1. The molecule has 0 fully saturated rings. The SMILES string of the molecule is COc1ccc2cc1Oc1cccc(OC)c1CNC(=O)[C@@H](C(C)C)NC(=O)[C@H]([C@@H](C)O)NC(=O)CN(C(=O)c1cccc(-c3cn[nH]c3)c1)CCCCNC2=O. The summed E-state index contributed by atoms with van der Waals surface area (Å²) in [6, 6.07) is 14.2. The van der Waals surface area contributed by atoms with Gasteiger partial charge in [0.1, 0.15) is 23.6 Å². The van der Waals surface area contributed by atoms with Crippen molar-refractivity contribution < 1.29 is 43.3 Å². The highest BCUT2D eigenvalue weighted by molar-refractivity contribution is 5.98. The van der Waals surface area contributed by atoms with Crippen LogP contribution in [-0.2, 0) is 20.9 Å². The lowest BCUT2D eigenvalue weighted by atomic mass is 10.0. The number of carbonyl (C=O) groups is 5. The Morgan fingerprint density at radius 2 is 1.61 bits per heavy atom. The molecule has 0 aliphatic carbocycles. The minimum absolute atomic E-state index is 0.0782. The molecule has 6 N–H and O–H groups in total. The fraction of sp³-hybridized carbons (Fsp3) is 0.366. The molecular formula is C41H49N7O9. The fourth-order valence-electron chi connectivity index (χ4n) is 6.29. The lowest BCUT2D eigenvalue weighted by Gasteiger charge is -2.28. The molecule has 0 saturated carbocycles. The molecule has 3 atom stereocenters. The highest BCUT2D eigenvalue weighted by Crippen LogP contribution is 2.37.